The maximum Gasteiger partial charge on any atom is 0.264 e. The van der Waals surface area contributed by atoms with Crippen LogP contribution >= 0.6 is 23.2 Å². The van der Waals surface area contributed by atoms with Crippen LogP contribution in [0.5, 0.6) is 11.5 Å². The second kappa shape index (κ2) is 15.3. The molecule has 2 amide bonds. The first-order chi connectivity index (χ1) is 20.5. The normalized spacial score (nSPS) is 12.6. The number of amides is 2. The maximum absolute atomic E-state index is 14.2. The molecule has 0 aliphatic carbocycles. The summed E-state index contributed by atoms with van der Waals surface area (Å²) < 4.78 is 39.8. The molecule has 3 aromatic carbocycles. The summed E-state index contributed by atoms with van der Waals surface area (Å²) in [6, 6.07) is 16.3. The molecule has 3 rings (SSSR count). The zero-order valence-corrected chi connectivity index (χ0v) is 27.2. The number of sulfonamides is 1. The third-order valence-corrected chi connectivity index (χ3v) is 9.52. The van der Waals surface area contributed by atoms with Gasteiger partial charge in [-0.15, -0.1) is 0 Å². The highest BCUT2D eigenvalue weighted by molar-refractivity contribution is 7.92. The number of methoxy groups -OCH3 is 2. The number of ether oxygens (including phenoxy) is 2. The summed E-state index contributed by atoms with van der Waals surface area (Å²) in [6.07, 6.45) is 0.989. The van der Waals surface area contributed by atoms with E-state index < -0.39 is 28.5 Å². The molecule has 0 aromatic heterocycles. The molecule has 3 aromatic rings. The lowest BCUT2D eigenvalue weighted by Crippen LogP contribution is -2.53. The Morgan fingerprint density at radius 1 is 0.884 bits per heavy atom. The van der Waals surface area contributed by atoms with E-state index in [4.69, 9.17) is 32.7 Å². The molecule has 0 heterocycles. The molecule has 0 bridgehead atoms. The van der Waals surface area contributed by atoms with Crippen LogP contribution < -0.4 is 19.1 Å². The third kappa shape index (κ3) is 8.34. The Bertz CT molecular complexity index is 1520. The summed E-state index contributed by atoms with van der Waals surface area (Å²) in [5.74, 6) is -0.253. The summed E-state index contributed by atoms with van der Waals surface area (Å²) in [4.78, 5) is 29.0. The van der Waals surface area contributed by atoms with Crippen molar-refractivity contribution in [3.05, 3.63) is 82.3 Å². The molecule has 1 N–H and O–H groups in total. The van der Waals surface area contributed by atoms with Crippen molar-refractivity contribution in [3.8, 4) is 11.5 Å². The van der Waals surface area contributed by atoms with Gasteiger partial charge in [0.1, 0.15) is 12.6 Å². The fraction of sp³-hybridized carbons (Fsp3) is 0.355. The summed E-state index contributed by atoms with van der Waals surface area (Å²) >= 11 is 12.4. The Morgan fingerprint density at radius 3 is 2.14 bits per heavy atom. The predicted octanol–water partition coefficient (Wildman–Crippen LogP) is 5.93. The van der Waals surface area contributed by atoms with Gasteiger partial charge < -0.3 is 19.7 Å². The molecule has 0 unspecified atom stereocenters. The van der Waals surface area contributed by atoms with Crippen molar-refractivity contribution in [2.24, 2.45) is 0 Å². The number of nitrogens with one attached hydrogen (secondary N) is 1. The lowest BCUT2D eigenvalue weighted by molar-refractivity contribution is -0.140. The molecule has 0 aliphatic rings. The van der Waals surface area contributed by atoms with Gasteiger partial charge in [-0.05, 0) is 61.7 Å². The lowest BCUT2D eigenvalue weighted by Gasteiger charge is -2.34. The van der Waals surface area contributed by atoms with Crippen molar-refractivity contribution in [2.45, 2.75) is 57.1 Å². The number of nitrogens with zero attached hydrogens (tertiary/aromatic N) is 2. The van der Waals surface area contributed by atoms with E-state index in [0.29, 0.717) is 27.8 Å². The maximum atomic E-state index is 14.2. The lowest BCUT2D eigenvalue weighted by atomic mass is 10.1. The summed E-state index contributed by atoms with van der Waals surface area (Å²) in [5, 5.41) is 3.59. The van der Waals surface area contributed by atoms with Crippen LogP contribution in [-0.2, 0) is 26.2 Å². The van der Waals surface area contributed by atoms with Crippen molar-refractivity contribution >= 4 is 50.7 Å². The van der Waals surface area contributed by atoms with Crippen LogP contribution in [-0.4, -0.2) is 58.0 Å². The van der Waals surface area contributed by atoms with Crippen molar-refractivity contribution in [3.63, 3.8) is 0 Å². The molecule has 0 spiro atoms. The highest BCUT2D eigenvalue weighted by Gasteiger charge is 2.34. The van der Waals surface area contributed by atoms with Crippen LogP contribution in [0.3, 0.4) is 0 Å². The molecule has 0 fully saturated rings. The minimum absolute atomic E-state index is 0.00447. The van der Waals surface area contributed by atoms with E-state index in [0.717, 1.165) is 4.31 Å². The fourth-order valence-corrected chi connectivity index (χ4v) is 6.17. The topological polar surface area (TPSA) is 105 Å². The van der Waals surface area contributed by atoms with Crippen LogP contribution in [0.2, 0.25) is 10.0 Å². The molecule has 0 saturated carbocycles. The van der Waals surface area contributed by atoms with Gasteiger partial charge in [0.05, 0.1) is 34.8 Å². The molecule has 0 aliphatic heterocycles. The van der Waals surface area contributed by atoms with Crippen LogP contribution in [0.4, 0.5) is 5.69 Å². The van der Waals surface area contributed by atoms with Gasteiger partial charge in [0.15, 0.2) is 11.5 Å². The Balaban J connectivity index is 2.12. The number of carbonyl (C=O) groups is 2. The average molecular weight is 651 g/mol. The Hall–Kier alpha value is -3.47. The highest BCUT2D eigenvalue weighted by Crippen LogP contribution is 2.34. The monoisotopic (exact) mass is 649 g/mol. The smallest absolute Gasteiger partial charge is 0.264 e. The minimum Gasteiger partial charge on any atom is -0.493 e. The quantitative estimate of drug-likeness (QED) is 0.232. The van der Waals surface area contributed by atoms with E-state index in [1.807, 2.05) is 13.8 Å². The Kier molecular flexibility index (Phi) is 12.1. The van der Waals surface area contributed by atoms with Crippen LogP contribution in [0.1, 0.15) is 39.2 Å². The van der Waals surface area contributed by atoms with E-state index in [1.165, 1.54) is 43.4 Å². The summed E-state index contributed by atoms with van der Waals surface area (Å²) in [7, 11) is -1.34. The van der Waals surface area contributed by atoms with Crippen LogP contribution in [0, 0.1) is 0 Å². The molecule has 43 heavy (non-hydrogen) atoms. The largest absolute Gasteiger partial charge is 0.493 e. The Labute approximate surface area is 263 Å². The fourth-order valence-electron chi connectivity index (χ4n) is 4.42. The summed E-state index contributed by atoms with van der Waals surface area (Å²) in [6.45, 7) is 5.01. The van der Waals surface area contributed by atoms with Gasteiger partial charge >= 0.3 is 0 Å². The number of anilines is 1. The third-order valence-electron chi connectivity index (χ3n) is 6.99. The predicted molar refractivity (Wildman–Crippen MR) is 170 cm³/mol. The molecule has 0 saturated heterocycles. The highest BCUT2D eigenvalue weighted by atomic mass is 35.5. The molecule has 0 radical (unpaired) electrons. The molecule has 2 atom stereocenters. The van der Waals surface area contributed by atoms with Crippen LogP contribution in [0.25, 0.3) is 0 Å². The minimum atomic E-state index is -4.24. The van der Waals surface area contributed by atoms with Gasteiger partial charge in [-0.1, -0.05) is 61.3 Å². The van der Waals surface area contributed by atoms with Crippen molar-refractivity contribution in [1.29, 1.82) is 0 Å². The number of hydrogen-bond acceptors (Lipinski definition) is 6. The van der Waals surface area contributed by atoms with Gasteiger partial charge in [-0.3, -0.25) is 13.9 Å². The van der Waals surface area contributed by atoms with Crippen LogP contribution in [0.15, 0.2) is 71.6 Å². The first kappa shape index (κ1) is 34.0. The number of benzene rings is 3. The van der Waals surface area contributed by atoms with Gasteiger partial charge in [0.25, 0.3) is 10.0 Å². The first-order valence-corrected chi connectivity index (χ1v) is 16.0. The zero-order valence-electron chi connectivity index (χ0n) is 24.8. The number of halogens is 2. The second-order valence-corrected chi connectivity index (χ2v) is 12.6. The number of hydrogen-bond donors (Lipinski definition) is 1. The van der Waals surface area contributed by atoms with E-state index in [2.05, 4.69) is 5.32 Å². The van der Waals surface area contributed by atoms with E-state index in [1.54, 1.807) is 49.4 Å². The summed E-state index contributed by atoms with van der Waals surface area (Å²) in [5.41, 5.74) is 0.808. The Morgan fingerprint density at radius 2 is 1.56 bits per heavy atom. The molecule has 232 valence electrons. The van der Waals surface area contributed by atoms with Crippen molar-refractivity contribution < 1.29 is 27.5 Å². The number of carbonyl (C=O) groups excluding carboxylic acids is 2. The molecular weight excluding hydrogens is 613 g/mol. The van der Waals surface area contributed by atoms with Gasteiger partial charge in [-0.2, -0.15) is 0 Å². The average Bonchev–Trinajstić information content (AvgIpc) is 3.01. The van der Waals surface area contributed by atoms with Crippen molar-refractivity contribution in [2.75, 3.05) is 25.1 Å². The number of rotatable bonds is 14. The van der Waals surface area contributed by atoms with E-state index in [9.17, 15) is 18.0 Å². The molecule has 9 nitrogen and oxygen atoms in total. The zero-order chi connectivity index (χ0) is 31.7. The van der Waals surface area contributed by atoms with Crippen molar-refractivity contribution in [1.82, 2.24) is 10.2 Å². The second-order valence-electron chi connectivity index (χ2n) is 9.88. The molecular formula is C31H37Cl2N3O6S. The van der Waals surface area contributed by atoms with E-state index >= 15 is 0 Å². The van der Waals surface area contributed by atoms with Gasteiger partial charge in [0, 0.05) is 18.7 Å². The van der Waals surface area contributed by atoms with Gasteiger partial charge in [-0.25, -0.2) is 8.42 Å². The van der Waals surface area contributed by atoms with E-state index in [-0.39, 0.29) is 41.2 Å². The SMILES string of the molecule is CC[C@H](C(=O)N[C@@H](C)CC)N(Cc1ccc(Cl)c(Cl)c1)C(=O)CN(c1ccc(OC)c(OC)c1)S(=O)(=O)c1ccccc1. The van der Waals surface area contributed by atoms with Gasteiger partial charge in [0.2, 0.25) is 11.8 Å². The standard InChI is InChI=1S/C31H37Cl2N3O6S/c1-6-21(3)34-31(38)27(7-2)35(19-22-13-15-25(32)26(33)17-22)30(37)20-36(43(39,40)24-11-9-8-10-12-24)23-14-16-28(41-4)29(18-23)42-5/h8-18,21,27H,6-7,19-20H2,1-5H3,(H,34,38)/t21-,27+/m0/s1. The molecule has 12 heteroatoms. The first-order valence-electron chi connectivity index (χ1n) is 13.8.